The van der Waals surface area contributed by atoms with Gasteiger partial charge < -0.3 is 10.6 Å². The van der Waals surface area contributed by atoms with Crippen LogP contribution in [-0.4, -0.2) is 12.5 Å². The molecule has 2 aromatic carbocycles. The molecule has 4 heteroatoms. The largest absolute Gasteiger partial charge is 0.324 e. The minimum Gasteiger partial charge on any atom is -0.324 e. The first kappa shape index (κ1) is 20.1. The van der Waals surface area contributed by atoms with E-state index in [9.17, 15) is 9.18 Å². The van der Waals surface area contributed by atoms with E-state index in [4.69, 9.17) is 0 Å². The minimum absolute atomic E-state index is 0.0113. The van der Waals surface area contributed by atoms with E-state index in [2.05, 4.69) is 44.4 Å². The van der Waals surface area contributed by atoms with Gasteiger partial charge in [-0.15, -0.1) is 0 Å². The lowest BCUT2D eigenvalue weighted by Crippen LogP contribution is -2.34. The molecule has 140 valence electrons. The van der Waals surface area contributed by atoms with Crippen LogP contribution in [0, 0.1) is 18.7 Å². The van der Waals surface area contributed by atoms with Crippen molar-refractivity contribution in [2.24, 2.45) is 5.92 Å². The maximum atomic E-state index is 13.2. The summed E-state index contributed by atoms with van der Waals surface area (Å²) in [4.78, 5) is 12.5. The molecule has 0 fully saturated rings. The number of hydrogen-bond acceptors (Lipinski definition) is 2. The molecule has 3 nitrogen and oxygen atoms in total. The zero-order valence-electron chi connectivity index (χ0n) is 16.3. The maximum absolute atomic E-state index is 13.2. The van der Waals surface area contributed by atoms with Crippen LogP contribution < -0.4 is 10.6 Å². The number of rotatable bonds is 7. The molecule has 0 bridgehead atoms. The fourth-order valence-corrected chi connectivity index (χ4v) is 3.14. The molecule has 0 saturated heterocycles. The van der Waals surface area contributed by atoms with Crippen LogP contribution in [0.4, 0.5) is 10.1 Å². The molecule has 0 unspecified atom stereocenters. The van der Waals surface area contributed by atoms with Crippen molar-refractivity contribution in [2.75, 3.05) is 11.9 Å². The predicted octanol–water partition coefficient (Wildman–Crippen LogP) is 5.18. The fourth-order valence-electron chi connectivity index (χ4n) is 3.14. The highest BCUT2D eigenvalue weighted by Crippen LogP contribution is 2.27. The molecule has 26 heavy (non-hydrogen) atoms. The standard InChI is InChI=1S/C22H29FN2O/c1-14(2)19-8-6-7-16(5)22(19)25-20(26)13-24-21(15(3)4)17-9-11-18(23)12-10-17/h6-12,14-15,21,24H,13H2,1-5H3,(H,25,26)/t21-/m0/s1. The molecular formula is C22H29FN2O. The molecule has 0 radical (unpaired) electrons. The van der Waals surface area contributed by atoms with Gasteiger partial charge in [-0.2, -0.15) is 0 Å². The summed E-state index contributed by atoms with van der Waals surface area (Å²) in [7, 11) is 0. The summed E-state index contributed by atoms with van der Waals surface area (Å²) in [6.07, 6.45) is 0. The van der Waals surface area contributed by atoms with Gasteiger partial charge in [0.25, 0.3) is 0 Å². The Morgan fingerprint density at radius 1 is 1.04 bits per heavy atom. The third kappa shape index (κ3) is 5.15. The van der Waals surface area contributed by atoms with Crippen molar-refractivity contribution in [3.63, 3.8) is 0 Å². The normalized spacial score (nSPS) is 12.5. The lowest BCUT2D eigenvalue weighted by molar-refractivity contribution is -0.115. The van der Waals surface area contributed by atoms with Crippen LogP contribution in [0.5, 0.6) is 0 Å². The summed E-state index contributed by atoms with van der Waals surface area (Å²) in [5.41, 5.74) is 4.07. The van der Waals surface area contributed by atoms with Crippen molar-refractivity contribution >= 4 is 11.6 Å². The number of halogens is 1. The predicted molar refractivity (Wildman–Crippen MR) is 106 cm³/mol. The van der Waals surface area contributed by atoms with Crippen molar-refractivity contribution in [2.45, 2.75) is 46.6 Å². The van der Waals surface area contributed by atoms with E-state index in [0.29, 0.717) is 5.92 Å². The third-order valence-electron chi connectivity index (χ3n) is 4.57. The summed E-state index contributed by atoms with van der Waals surface area (Å²) in [5, 5.41) is 6.36. The molecule has 0 saturated carbocycles. The molecule has 0 aliphatic heterocycles. The number of carbonyl (C=O) groups is 1. The molecule has 0 spiro atoms. The van der Waals surface area contributed by atoms with Crippen LogP contribution in [-0.2, 0) is 4.79 Å². The van der Waals surface area contributed by atoms with Gasteiger partial charge >= 0.3 is 0 Å². The monoisotopic (exact) mass is 356 g/mol. The van der Waals surface area contributed by atoms with Crippen LogP contribution >= 0.6 is 0 Å². The number of amides is 1. The number of para-hydroxylation sites is 1. The van der Waals surface area contributed by atoms with Gasteiger partial charge in [0, 0.05) is 11.7 Å². The molecule has 0 aliphatic rings. The van der Waals surface area contributed by atoms with E-state index >= 15 is 0 Å². The highest BCUT2D eigenvalue weighted by Gasteiger charge is 2.18. The molecule has 2 aromatic rings. The lowest BCUT2D eigenvalue weighted by atomic mass is 9.96. The Morgan fingerprint density at radius 2 is 1.69 bits per heavy atom. The Bertz CT molecular complexity index is 738. The zero-order chi connectivity index (χ0) is 19.3. The van der Waals surface area contributed by atoms with Crippen molar-refractivity contribution in [1.82, 2.24) is 5.32 Å². The van der Waals surface area contributed by atoms with Crippen LogP contribution in [0.15, 0.2) is 42.5 Å². The number of aryl methyl sites for hydroxylation is 1. The van der Waals surface area contributed by atoms with Crippen LogP contribution in [0.3, 0.4) is 0 Å². The van der Waals surface area contributed by atoms with Gasteiger partial charge in [-0.3, -0.25) is 4.79 Å². The lowest BCUT2D eigenvalue weighted by Gasteiger charge is -2.23. The van der Waals surface area contributed by atoms with Gasteiger partial charge in [0.15, 0.2) is 0 Å². The molecule has 2 rings (SSSR count). The highest BCUT2D eigenvalue weighted by molar-refractivity contribution is 5.94. The quantitative estimate of drug-likeness (QED) is 0.717. The number of hydrogen-bond donors (Lipinski definition) is 2. The van der Waals surface area contributed by atoms with E-state index in [0.717, 1.165) is 22.4 Å². The Hall–Kier alpha value is -2.20. The molecule has 0 heterocycles. The number of benzene rings is 2. The second kappa shape index (κ2) is 8.95. The van der Waals surface area contributed by atoms with Crippen LogP contribution in [0.2, 0.25) is 0 Å². The Labute approximate surface area is 156 Å². The third-order valence-corrected chi connectivity index (χ3v) is 4.57. The van der Waals surface area contributed by atoms with E-state index in [1.807, 2.05) is 19.1 Å². The van der Waals surface area contributed by atoms with E-state index in [1.165, 1.54) is 12.1 Å². The summed E-state index contributed by atoms with van der Waals surface area (Å²) in [5.74, 6) is 0.280. The highest BCUT2D eigenvalue weighted by atomic mass is 19.1. The Morgan fingerprint density at radius 3 is 2.27 bits per heavy atom. The topological polar surface area (TPSA) is 41.1 Å². The Balaban J connectivity index is 2.07. The van der Waals surface area contributed by atoms with Crippen molar-refractivity contribution in [3.8, 4) is 0 Å². The first-order valence-electron chi connectivity index (χ1n) is 9.17. The molecule has 1 amide bonds. The molecule has 1 atom stereocenters. The smallest absolute Gasteiger partial charge is 0.238 e. The van der Waals surface area contributed by atoms with Crippen molar-refractivity contribution in [3.05, 3.63) is 65.0 Å². The van der Waals surface area contributed by atoms with Gasteiger partial charge in [0.2, 0.25) is 5.91 Å². The average Bonchev–Trinajstić information content (AvgIpc) is 2.58. The van der Waals surface area contributed by atoms with Gasteiger partial charge in [-0.05, 0) is 47.6 Å². The van der Waals surface area contributed by atoms with E-state index < -0.39 is 0 Å². The molecule has 2 N–H and O–H groups in total. The van der Waals surface area contributed by atoms with Crippen LogP contribution in [0.1, 0.15) is 56.3 Å². The second-order valence-electron chi connectivity index (χ2n) is 7.40. The van der Waals surface area contributed by atoms with Gasteiger partial charge in [-0.25, -0.2) is 4.39 Å². The van der Waals surface area contributed by atoms with Gasteiger partial charge in [0.05, 0.1) is 6.54 Å². The summed E-state index contributed by atoms with van der Waals surface area (Å²) in [6.45, 7) is 10.6. The van der Waals surface area contributed by atoms with Crippen molar-refractivity contribution in [1.29, 1.82) is 0 Å². The summed E-state index contributed by atoms with van der Waals surface area (Å²) in [6, 6.07) is 12.5. The number of carbonyl (C=O) groups excluding carboxylic acids is 1. The fraction of sp³-hybridized carbons (Fsp3) is 0.409. The average molecular weight is 356 g/mol. The molecule has 0 aliphatic carbocycles. The first-order chi connectivity index (χ1) is 12.3. The van der Waals surface area contributed by atoms with Gasteiger partial charge in [-0.1, -0.05) is 58.0 Å². The molecule has 0 aromatic heterocycles. The maximum Gasteiger partial charge on any atom is 0.238 e. The first-order valence-corrected chi connectivity index (χ1v) is 9.17. The summed E-state index contributed by atoms with van der Waals surface area (Å²) < 4.78 is 13.2. The Kier molecular flexibility index (Phi) is 6.92. The minimum atomic E-state index is -0.255. The number of nitrogens with one attached hydrogen (secondary N) is 2. The van der Waals surface area contributed by atoms with E-state index in [-0.39, 0.29) is 30.2 Å². The van der Waals surface area contributed by atoms with E-state index in [1.54, 1.807) is 12.1 Å². The van der Waals surface area contributed by atoms with Crippen LogP contribution in [0.25, 0.3) is 0 Å². The van der Waals surface area contributed by atoms with Crippen molar-refractivity contribution < 1.29 is 9.18 Å². The molecular weight excluding hydrogens is 327 g/mol. The number of anilines is 1. The second-order valence-corrected chi connectivity index (χ2v) is 7.40. The summed E-state index contributed by atoms with van der Waals surface area (Å²) >= 11 is 0. The zero-order valence-corrected chi connectivity index (χ0v) is 16.3. The van der Waals surface area contributed by atoms with Gasteiger partial charge in [0.1, 0.15) is 5.82 Å². The SMILES string of the molecule is Cc1cccc(C(C)C)c1NC(=O)CN[C@H](c1ccc(F)cc1)C(C)C.